The molecule has 0 atom stereocenters. The van der Waals surface area contributed by atoms with Gasteiger partial charge >= 0.3 is 0 Å². The molecule has 0 aromatic rings. The summed E-state index contributed by atoms with van der Waals surface area (Å²) in [6.07, 6.45) is 4.98. The van der Waals surface area contributed by atoms with Gasteiger partial charge < -0.3 is 9.47 Å². The van der Waals surface area contributed by atoms with Crippen LogP contribution in [0.15, 0.2) is 0 Å². The third kappa shape index (κ3) is 4.50. The predicted molar refractivity (Wildman–Crippen MR) is 72.7 cm³/mol. The SMILES string of the molecule is CCCCOCN1CCC(N2CCOCC2)CC1. The van der Waals surface area contributed by atoms with Crippen molar-refractivity contribution in [3.63, 3.8) is 0 Å². The van der Waals surface area contributed by atoms with Gasteiger partial charge in [-0.3, -0.25) is 9.80 Å². The molecule has 0 N–H and O–H groups in total. The minimum Gasteiger partial charge on any atom is -0.379 e. The third-order valence-electron chi connectivity index (χ3n) is 4.04. The fourth-order valence-electron chi connectivity index (χ4n) is 2.80. The highest BCUT2D eigenvalue weighted by Gasteiger charge is 2.25. The highest BCUT2D eigenvalue weighted by molar-refractivity contribution is 4.80. The molecule has 2 fully saturated rings. The molecular formula is C14H28N2O2. The van der Waals surface area contributed by atoms with E-state index in [1.807, 2.05) is 0 Å². The maximum absolute atomic E-state index is 5.69. The van der Waals surface area contributed by atoms with E-state index in [4.69, 9.17) is 9.47 Å². The van der Waals surface area contributed by atoms with E-state index in [1.165, 1.54) is 38.8 Å². The molecule has 2 rings (SSSR count). The molecule has 0 spiro atoms. The van der Waals surface area contributed by atoms with E-state index >= 15 is 0 Å². The lowest BCUT2D eigenvalue weighted by molar-refractivity contribution is -0.0231. The average molecular weight is 256 g/mol. The Kier molecular flexibility index (Phi) is 6.41. The number of hydrogen-bond donors (Lipinski definition) is 0. The summed E-state index contributed by atoms with van der Waals surface area (Å²) in [5, 5.41) is 0. The largest absolute Gasteiger partial charge is 0.379 e. The van der Waals surface area contributed by atoms with Gasteiger partial charge in [0.05, 0.1) is 19.9 Å². The molecule has 0 radical (unpaired) electrons. The summed E-state index contributed by atoms with van der Waals surface area (Å²) >= 11 is 0. The van der Waals surface area contributed by atoms with Crippen LogP contribution in [0.2, 0.25) is 0 Å². The second kappa shape index (κ2) is 8.10. The van der Waals surface area contributed by atoms with Gasteiger partial charge in [0.25, 0.3) is 0 Å². The standard InChI is InChI=1S/C14H28N2O2/c1-2-3-10-18-13-15-6-4-14(5-7-15)16-8-11-17-12-9-16/h14H,2-13H2,1H3. The molecule has 2 heterocycles. The predicted octanol–water partition coefficient (Wildman–Crippen LogP) is 1.56. The molecule has 106 valence electrons. The summed E-state index contributed by atoms with van der Waals surface area (Å²) in [6.45, 7) is 10.4. The number of piperidine rings is 1. The first-order valence-corrected chi connectivity index (χ1v) is 7.52. The average Bonchev–Trinajstić information content (AvgIpc) is 2.45. The van der Waals surface area contributed by atoms with Crippen molar-refractivity contribution < 1.29 is 9.47 Å². The fraction of sp³-hybridized carbons (Fsp3) is 1.00. The first-order valence-electron chi connectivity index (χ1n) is 7.52. The number of likely N-dealkylation sites (tertiary alicyclic amines) is 1. The Labute approximate surface area is 111 Å². The van der Waals surface area contributed by atoms with Crippen LogP contribution >= 0.6 is 0 Å². The number of hydrogen-bond acceptors (Lipinski definition) is 4. The molecule has 0 saturated carbocycles. The Morgan fingerprint density at radius 1 is 1.11 bits per heavy atom. The molecule has 2 saturated heterocycles. The summed E-state index contributed by atoms with van der Waals surface area (Å²) in [5.41, 5.74) is 0. The molecule has 0 bridgehead atoms. The van der Waals surface area contributed by atoms with Crippen LogP contribution in [0.25, 0.3) is 0 Å². The number of morpholine rings is 1. The Hall–Kier alpha value is -0.160. The number of nitrogens with zero attached hydrogens (tertiary/aromatic N) is 2. The molecular weight excluding hydrogens is 228 g/mol. The van der Waals surface area contributed by atoms with Gasteiger partial charge in [0.15, 0.2) is 0 Å². The van der Waals surface area contributed by atoms with Crippen molar-refractivity contribution in [2.24, 2.45) is 0 Å². The van der Waals surface area contributed by atoms with Crippen molar-refractivity contribution in [3.8, 4) is 0 Å². The molecule has 2 aliphatic heterocycles. The topological polar surface area (TPSA) is 24.9 Å². The van der Waals surface area contributed by atoms with Crippen molar-refractivity contribution in [1.29, 1.82) is 0 Å². The molecule has 0 aromatic carbocycles. The fourth-order valence-corrected chi connectivity index (χ4v) is 2.80. The zero-order valence-corrected chi connectivity index (χ0v) is 11.8. The van der Waals surface area contributed by atoms with E-state index in [-0.39, 0.29) is 0 Å². The van der Waals surface area contributed by atoms with Crippen LogP contribution in [-0.2, 0) is 9.47 Å². The quantitative estimate of drug-likeness (QED) is 0.673. The summed E-state index contributed by atoms with van der Waals surface area (Å²) in [6, 6.07) is 0.779. The van der Waals surface area contributed by atoms with Gasteiger partial charge in [-0.1, -0.05) is 13.3 Å². The first kappa shape index (κ1) is 14.3. The number of unbranched alkanes of at least 4 members (excludes halogenated alkanes) is 1. The van der Waals surface area contributed by atoms with Crippen LogP contribution in [0.4, 0.5) is 0 Å². The van der Waals surface area contributed by atoms with Gasteiger partial charge in [-0.15, -0.1) is 0 Å². The van der Waals surface area contributed by atoms with Gasteiger partial charge in [0.2, 0.25) is 0 Å². The highest BCUT2D eigenvalue weighted by atomic mass is 16.5. The summed E-state index contributed by atoms with van der Waals surface area (Å²) in [4.78, 5) is 5.06. The van der Waals surface area contributed by atoms with Crippen LogP contribution in [0.5, 0.6) is 0 Å². The van der Waals surface area contributed by atoms with Crippen molar-refractivity contribution in [3.05, 3.63) is 0 Å². The van der Waals surface area contributed by atoms with Gasteiger partial charge in [-0.25, -0.2) is 0 Å². The third-order valence-corrected chi connectivity index (χ3v) is 4.04. The van der Waals surface area contributed by atoms with Gasteiger partial charge in [-0.2, -0.15) is 0 Å². The first-order chi connectivity index (χ1) is 8.90. The Balaban J connectivity index is 1.58. The van der Waals surface area contributed by atoms with E-state index in [0.29, 0.717) is 0 Å². The van der Waals surface area contributed by atoms with Crippen molar-refractivity contribution in [2.45, 2.75) is 38.6 Å². The Bertz CT molecular complexity index is 212. The van der Waals surface area contributed by atoms with Crippen molar-refractivity contribution >= 4 is 0 Å². The lowest BCUT2D eigenvalue weighted by Gasteiger charge is -2.39. The highest BCUT2D eigenvalue weighted by Crippen LogP contribution is 2.17. The molecule has 4 heteroatoms. The van der Waals surface area contributed by atoms with Gasteiger partial charge in [0, 0.05) is 38.8 Å². The van der Waals surface area contributed by atoms with Crippen molar-refractivity contribution in [1.82, 2.24) is 9.80 Å². The van der Waals surface area contributed by atoms with E-state index in [0.717, 1.165) is 45.7 Å². The zero-order valence-electron chi connectivity index (χ0n) is 11.8. The molecule has 0 aromatic heterocycles. The van der Waals surface area contributed by atoms with Crippen LogP contribution in [0.3, 0.4) is 0 Å². The second-order valence-corrected chi connectivity index (χ2v) is 5.39. The number of rotatable bonds is 6. The van der Waals surface area contributed by atoms with Crippen LogP contribution in [0, 0.1) is 0 Å². The summed E-state index contributed by atoms with van der Waals surface area (Å²) in [7, 11) is 0. The van der Waals surface area contributed by atoms with E-state index in [9.17, 15) is 0 Å². The minimum absolute atomic E-state index is 0.779. The molecule has 4 nitrogen and oxygen atoms in total. The second-order valence-electron chi connectivity index (χ2n) is 5.39. The molecule has 2 aliphatic rings. The Morgan fingerprint density at radius 3 is 2.50 bits per heavy atom. The molecule has 0 aliphatic carbocycles. The Morgan fingerprint density at radius 2 is 1.83 bits per heavy atom. The molecule has 18 heavy (non-hydrogen) atoms. The van der Waals surface area contributed by atoms with Gasteiger partial charge in [0.1, 0.15) is 0 Å². The van der Waals surface area contributed by atoms with Crippen LogP contribution in [-0.4, -0.2) is 68.6 Å². The summed E-state index contributed by atoms with van der Waals surface area (Å²) in [5.74, 6) is 0. The molecule has 0 unspecified atom stereocenters. The summed E-state index contributed by atoms with van der Waals surface area (Å²) < 4.78 is 11.1. The molecule has 0 amide bonds. The van der Waals surface area contributed by atoms with Gasteiger partial charge in [-0.05, 0) is 19.3 Å². The monoisotopic (exact) mass is 256 g/mol. The number of ether oxygens (including phenoxy) is 2. The van der Waals surface area contributed by atoms with Crippen molar-refractivity contribution in [2.75, 3.05) is 52.7 Å². The van der Waals surface area contributed by atoms with E-state index < -0.39 is 0 Å². The normalized spacial score (nSPS) is 24.5. The minimum atomic E-state index is 0.779. The maximum atomic E-state index is 5.69. The van der Waals surface area contributed by atoms with Crippen LogP contribution in [0.1, 0.15) is 32.6 Å². The lowest BCUT2D eigenvalue weighted by atomic mass is 10.0. The van der Waals surface area contributed by atoms with E-state index in [1.54, 1.807) is 0 Å². The van der Waals surface area contributed by atoms with E-state index in [2.05, 4.69) is 16.7 Å². The maximum Gasteiger partial charge on any atom is 0.0990 e. The lowest BCUT2D eigenvalue weighted by Crippen LogP contribution is -2.49. The smallest absolute Gasteiger partial charge is 0.0990 e. The van der Waals surface area contributed by atoms with Crippen LogP contribution < -0.4 is 0 Å². The zero-order chi connectivity index (χ0) is 12.6.